The summed E-state index contributed by atoms with van der Waals surface area (Å²) in [5.41, 5.74) is 0.150. The van der Waals surface area contributed by atoms with E-state index in [4.69, 9.17) is 23.1 Å². The van der Waals surface area contributed by atoms with Crippen molar-refractivity contribution in [3.05, 3.63) is 35.9 Å². The molecule has 0 unspecified atom stereocenters. The monoisotopic (exact) mass is 530 g/mol. The lowest BCUT2D eigenvalue weighted by molar-refractivity contribution is -0.0827. The van der Waals surface area contributed by atoms with Gasteiger partial charge in [0, 0.05) is 13.7 Å². The molecule has 1 aliphatic heterocycles. The van der Waals surface area contributed by atoms with Gasteiger partial charge in [-0.1, -0.05) is 30.3 Å². The van der Waals surface area contributed by atoms with E-state index in [1.807, 2.05) is 30.3 Å². The molecule has 12 heteroatoms. The summed E-state index contributed by atoms with van der Waals surface area (Å²) in [5.74, 6) is 0. The molecule has 1 N–H and O–H groups in total. The molecule has 0 saturated carbocycles. The van der Waals surface area contributed by atoms with Crippen molar-refractivity contribution in [2.75, 3.05) is 33.3 Å². The molecule has 1 aromatic carbocycles. The Morgan fingerprint density at radius 2 is 1.89 bits per heavy atom. The number of carbonyl (C=O) groups is 2. The molecule has 1 aliphatic rings. The molecule has 1 saturated heterocycles. The van der Waals surface area contributed by atoms with E-state index >= 15 is 0 Å². The van der Waals surface area contributed by atoms with Gasteiger partial charge in [0.25, 0.3) is 10.1 Å². The molecule has 1 fully saturated rings. The van der Waals surface area contributed by atoms with Crippen LogP contribution in [0.5, 0.6) is 0 Å². The van der Waals surface area contributed by atoms with E-state index in [0.717, 1.165) is 11.8 Å². The molecule has 0 spiro atoms. The van der Waals surface area contributed by atoms with Crippen molar-refractivity contribution in [3.8, 4) is 0 Å². The zero-order valence-corrected chi connectivity index (χ0v) is 22.4. The molecule has 1 heterocycles. The highest BCUT2D eigenvalue weighted by Gasteiger charge is 2.40. The second-order valence-corrected chi connectivity index (χ2v) is 11.3. The Labute approximate surface area is 213 Å². The summed E-state index contributed by atoms with van der Waals surface area (Å²) in [6.07, 6.45) is 0.743. The second kappa shape index (κ2) is 13.8. The van der Waals surface area contributed by atoms with Crippen molar-refractivity contribution in [2.24, 2.45) is 0 Å². The maximum Gasteiger partial charge on any atom is 0.410 e. The lowest BCUT2D eigenvalue weighted by Gasteiger charge is -2.31. The zero-order chi connectivity index (χ0) is 26.8. The van der Waals surface area contributed by atoms with Gasteiger partial charge < -0.3 is 29.2 Å². The Morgan fingerprint density at radius 3 is 2.50 bits per heavy atom. The van der Waals surface area contributed by atoms with E-state index in [-0.39, 0.29) is 32.2 Å². The Kier molecular flexibility index (Phi) is 11.4. The number of benzene rings is 1. The smallest absolute Gasteiger partial charge is 0.410 e. The first-order valence-electron chi connectivity index (χ1n) is 11.8. The summed E-state index contributed by atoms with van der Waals surface area (Å²) in [7, 11) is -2.22. The van der Waals surface area contributed by atoms with Crippen LogP contribution in [0.3, 0.4) is 0 Å². The summed E-state index contributed by atoms with van der Waals surface area (Å²) in [5, 5.41) is 2.67. The van der Waals surface area contributed by atoms with Crippen molar-refractivity contribution in [1.82, 2.24) is 10.2 Å². The van der Waals surface area contributed by atoms with Crippen LogP contribution in [0.4, 0.5) is 9.59 Å². The molecular formula is C24H38N2O9S. The first-order chi connectivity index (χ1) is 16.9. The quantitative estimate of drug-likeness (QED) is 0.320. The Balaban J connectivity index is 2.06. The van der Waals surface area contributed by atoms with Crippen LogP contribution in [0.25, 0.3) is 0 Å². The van der Waals surface area contributed by atoms with Gasteiger partial charge in [0.05, 0.1) is 31.1 Å². The van der Waals surface area contributed by atoms with Crippen molar-refractivity contribution in [3.63, 3.8) is 0 Å². The number of ether oxygens (including phenoxy) is 4. The number of rotatable bonds is 12. The highest BCUT2D eigenvalue weighted by atomic mass is 32.2. The number of hydrogen-bond acceptors (Lipinski definition) is 9. The van der Waals surface area contributed by atoms with Crippen molar-refractivity contribution in [2.45, 2.75) is 70.4 Å². The molecule has 0 aliphatic carbocycles. The lowest BCUT2D eigenvalue weighted by atomic mass is 10.0. The van der Waals surface area contributed by atoms with Gasteiger partial charge in [0.15, 0.2) is 0 Å². The number of carbonyl (C=O) groups excluding carboxylic acids is 2. The van der Waals surface area contributed by atoms with E-state index in [1.54, 1.807) is 25.7 Å². The lowest BCUT2D eigenvalue weighted by Crippen LogP contribution is -2.45. The van der Waals surface area contributed by atoms with Crippen LogP contribution >= 0.6 is 0 Å². The fourth-order valence-corrected chi connectivity index (χ4v) is 4.18. The molecule has 1 aromatic rings. The molecule has 0 bridgehead atoms. The molecule has 0 radical (unpaired) electrons. The van der Waals surface area contributed by atoms with Crippen molar-refractivity contribution < 1.29 is 41.1 Å². The molecular weight excluding hydrogens is 492 g/mol. The summed E-state index contributed by atoms with van der Waals surface area (Å²) in [6, 6.07) is 8.12. The highest BCUT2D eigenvalue weighted by molar-refractivity contribution is 7.85. The first kappa shape index (κ1) is 29.8. The van der Waals surface area contributed by atoms with Crippen LogP contribution in [0.15, 0.2) is 30.3 Å². The summed E-state index contributed by atoms with van der Waals surface area (Å²) in [4.78, 5) is 26.8. The molecule has 204 valence electrons. The third-order valence-corrected chi connectivity index (χ3v) is 5.91. The van der Waals surface area contributed by atoms with E-state index in [9.17, 15) is 18.0 Å². The van der Waals surface area contributed by atoms with Gasteiger partial charge in [-0.2, -0.15) is 8.42 Å². The third kappa shape index (κ3) is 11.1. The number of hydrogen-bond donors (Lipinski definition) is 1. The van der Waals surface area contributed by atoms with Gasteiger partial charge in [-0.05, 0) is 45.6 Å². The van der Waals surface area contributed by atoms with Gasteiger partial charge >= 0.3 is 12.2 Å². The standard InChI is InChI=1S/C24H38N2O9S/c1-24(2,3)35-23(28)26-14-13-21(33-17-31-4)20(26)12-11-19(16-34-36(5,29)30)25-22(27)32-15-18-9-7-6-8-10-18/h6-10,19-21H,11-17H2,1-5H3,(H,25,27)/t19-,20-,21-/m0/s1. The Morgan fingerprint density at radius 1 is 1.19 bits per heavy atom. The van der Waals surface area contributed by atoms with Gasteiger partial charge in [-0.3, -0.25) is 4.18 Å². The number of amides is 2. The van der Waals surface area contributed by atoms with E-state index < -0.39 is 33.9 Å². The second-order valence-electron chi connectivity index (χ2n) is 9.61. The van der Waals surface area contributed by atoms with E-state index in [0.29, 0.717) is 25.8 Å². The molecule has 2 amide bonds. The third-order valence-electron chi connectivity index (χ3n) is 5.34. The van der Waals surface area contributed by atoms with Crippen molar-refractivity contribution >= 4 is 22.3 Å². The average Bonchev–Trinajstić information content (AvgIpc) is 3.20. The Bertz CT molecular complexity index is 935. The molecule has 0 aromatic heterocycles. The largest absolute Gasteiger partial charge is 0.445 e. The normalized spacial score (nSPS) is 19.1. The number of likely N-dealkylation sites (tertiary alicyclic amines) is 1. The van der Waals surface area contributed by atoms with Gasteiger partial charge in [-0.15, -0.1) is 0 Å². The number of nitrogens with one attached hydrogen (secondary N) is 1. The number of alkyl carbamates (subject to hydrolysis) is 1. The molecule has 11 nitrogen and oxygen atoms in total. The van der Waals surface area contributed by atoms with Gasteiger partial charge in [0.2, 0.25) is 0 Å². The summed E-state index contributed by atoms with van der Waals surface area (Å²) in [6.45, 7) is 5.66. The van der Waals surface area contributed by atoms with Crippen LogP contribution in [0.2, 0.25) is 0 Å². The minimum atomic E-state index is -3.73. The number of methoxy groups -OCH3 is 1. The fourth-order valence-electron chi connectivity index (χ4n) is 3.77. The minimum absolute atomic E-state index is 0.0635. The average molecular weight is 531 g/mol. The topological polar surface area (TPSA) is 130 Å². The zero-order valence-electron chi connectivity index (χ0n) is 21.6. The predicted molar refractivity (Wildman–Crippen MR) is 132 cm³/mol. The van der Waals surface area contributed by atoms with Crippen LogP contribution in [-0.2, 0) is 39.9 Å². The highest BCUT2D eigenvalue weighted by Crippen LogP contribution is 2.27. The molecule has 3 atom stereocenters. The molecule has 36 heavy (non-hydrogen) atoms. The predicted octanol–water partition coefficient (Wildman–Crippen LogP) is 3.04. The van der Waals surface area contributed by atoms with Crippen molar-refractivity contribution in [1.29, 1.82) is 0 Å². The maximum atomic E-state index is 12.8. The maximum absolute atomic E-state index is 12.8. The summed E-state index contributed by atoms with van der Waals surface area (Å²) >= 11 is 0. The van der Waals surface area contributed by atoms with Crippen LogP contribution < -0.4 is 5.32 Å². The minimum Gasteiger partial charge on any atom is -0.445 e. The van der Waals surface area contributed by atoms with Crippen LogP contribution in [0, 0.1) is 0 Å². The van der Waals surface area contributed by atoms with Gasteiger partial charge in [-0.25, -0.2) is 9.59 Å². The van der Waals surface area contributed by atoms with Crippen LogP contribution in [0.1, 0.15) is 45.6 Å². The summed E-state index contributed by atoms with van der Waals surface area (Å²) < 4.78 is 49.7. The first-order valence-corrected chi connectivity index (χ1v) is 13.6. The van der Waals surface area contributed by atoms with E-state index in [1.165, 1.54) is 7.11 Å². The van der Waals surface area contributed by atoms with E-state index in [2.05, 4.69) is 5.32 Å². The van der Waals surface area contributed by atoms with Crippen LogP contribution in [-0.4, -0.2) is 82.6 Å². The Hall–Kier alpha value is -2.41. The fraction of sp³-hybridized carbons (Fsp3) is 0.667. The number of nitrogens with zero attached hydrogens (tertiary/aromatic N) is 1. The SMILES string of the molecule is COCO[C@H]1CCN(C(=O)OC(C)(C)C)[C@H]1CC[C@@H](COS(C)(=O)=O)NC(=O)OCc1ccccc1. The van der Waals surface area contributed by atoms with Gasteiger partial charge in [0.1, 0.15) is 19.0 Å². The molecule has 2 rings (SSSR count).